The summed E-state index contributed by atoms with van der Waals surface area (Å²) in [7, 11) is 0. The van der Waals surface area contributed by atoms with E-state index in [9.17, 15) is 4.79 Å². The van der Waals surface area contributed by atoms with Gasteiger partial charge >= 0.3 is 0 Å². The van der Waals surface area contributed by atoms with E-state index in [-0.39, 0.29) is 12.0 Å². The van der Waals surface area contributed by atoms with Crippen LogP contribution in [0.4, 0.5) is 0 Å². The fourth-order valence-corrected chi connectivity index (χ4v) is 2.59. The molecule has 1 aliphatic rings. The highest BCUT2D eigenvalue weighted by Crippen LogP contribution is 2.22. The quantitative estimate of drug-likeness (QED) is 0.874. The highest BCUT2D eigenvalue weighted by Gasteiger charge is 2.17. The number of hydrogen-bond donors (Lipinski definition) is 2. The standard InChI is InChI=1S/C16H18ClN3O3/c17-12-3-1-2-11(6-12)15-7-14(23-20-15)10-19-16(21)8-13-9-18-4-5-22-13/h1-3,6-7,13,18H,4-5,8-10H2,(H,19,21). The van der Waals surface area contributed by atoms with Gasteiger partial charge in [-0.2, -0.15) is 0 Å². The molecule has 1 aromatic heterocycles. The SMILES string of the molecule is O=C(CC1CNCCO1)NCc1cc(-c2cccc(Cl)c2)no1. The van der Waals surface area contributed by atoms with Gasteiger partial charge < -0.3 is 19.9 Å². The number of nitrogens with zero attached hydrogens (tertiary/aromatic N) is 1. The number of aromatic nitrogens is 1. The predicted octanol–water partition coefficient (Wildman–Crippen LogP) is 1.99. The van der Waals surface area contributed by atoms with Gasteiger partial charge in [0.05, 0.1) is 25.7 Å². The molecule has 122 valence electrons. The van der Waals surface area contributed by atoms with Crippen molar-refractivity contribution in [3.8, 4) is 11.3 Å². The van der Waals surface area contributed by atoms with Gasteiger partial charge in [0.1, 0.15) is 5.69 Å². The third-order valence-corrected chi connectivity index (χ3v) is 3.79. The molecule has 23 heavy (non-hydrogen) atoms. The molecule has 0 bridgehead atoms. The van der Waals surface area contributed by atoms with Gasteiger partial charge in [-0.05, 0) is 12.1 Å². The van der Waals surface area contributed by atoms with Gasteiger partial charge in [-0.25, -0.2) is 0 Å². The molecule has 1 atom stereocenters. The van der Waals surface area contributed by atoms with E-state index in [1.165, 1.54) is 0 Å². The van der Waals surface area contributed by atoms with Crippen LogP contribution in [0.5, 0.6) is 0 Å². The van der Waals surface area contributed by atoms with Gasteiger partial charge in [0, 0.05) is 29.7 Å². The first-order chi connectivity index (χ1) is 11.2. The topological polar surface area (TPSA) is 76.4 Å². The number of rotatable bonds is 5. The Bertz CT molecular complexity index is 668. The zero-order valence-corrected chi connectivity index (χ0v) is 13.3. The van der Waals surface area contributed by atoms with Gasteiger partial charge in [-0.15, -0.1) is 0 Å². The van der Waals surface area contributed by atoms with E-state index in [0.717, 1.165) is 12.1 Å². The molecule has 7 heteroatoms. The summed E-state index contributed by atoms with van der Waals surface area (Å²) < 4.78 is 10.8. The molecule has 1 fully saturated rings. The second-order valence-corrected chi connectivity index (χ2v) is 5.80. The molecule has 2 aromatic rings. The summed E-state index contributed by atoms with van der Waals surface area (Å²) in [6, 6.07) is 9.17. The van der Waals surface area contributed by atoms with Crippen molar-refractivity contribution in [1.82, 2.24) is 15.8 Å². The van der Waals surface area contributed by atoms with E-state index in [0.29, 0.717) is 42.6 Å². The summed E-state index contributed by atoms with van der Waals surface area (Å²) in [5.41, 5.74) is 1.57. The number of amides is 1. The normalized spacial score (nSPS) is 17.9. The summed E-state index contributed by atoms with van der Waals surface area (Å²) in [6.07, 6.45) is 0.267. The van der Waals surface area contributed by atoms with Crippen LogP contribution in [0.25, 0.3) is 11.3 Å². The Balaban J connectivity index is 1.52. The van der Waals surface area contributed by atoms with Crippen LogP contribution < -0.4 is 10.6 Å². The van der Waals surface area contributed by atoms with Crippen LogP contribution in [0.2, 0.25) is 5.02 Å². The Hall–Kier alpha value is -1.89. The van der Waals surface area contributed by atoms with Crippen LogP contribution in [0, 0.1) is 0 Å². The van der Waals surface area contributed by atoms with Crippen LogP contribution in [-0.4, -0.2) is 36.9 Å². The molecule has 2 heterocycles. The fourth-order valence-electron chi connectivity index (χ4n) is 2.40. The Morgan fingerprint density at radius 3 is 3.13 bits per heavy atom. The van der Waals surface area contributed by atoms with Crippen molar-refractivity contribution in [1.29, 1.82) is 0 Å². The fraction of sp³-hybridized carbons (Fsp3) is 0.375. The largest absolute Gasteiger partial charge is 0.375 e. The van der Waals surface area contributed by atoms with E-state index in [1.54, 1.807) is 12.1 Å². The first kappa shape index (κ1) is 16.0. The molecule has 0 aliphatic carbocycles. The van der Waals surface area contributed by atoms with Crippen molar-refractivity contribution in [2.24, 2.45) is 0 Å². The number of morpholine rings is 1. The maximum Gasteiger partial charge on any atom is 0.223 e. The minimum atomic E-state index is -0.0700. The number of ether oxygens (including phenoxy) is 1. The molecule has 1 aromatic carbocycles. The van der Waals surface area contributed by atoms with Gasteiger partial charge in [0.2, 0.25) is 5.91 Å². The minimum Gasteiger partial charge on any atom is -0.375 e. The first-order valence-corrected chi connectivity index (χ1v) is 7.89. The highest BCUT2D eigenvalue weighted by molar-refractivity contribution is 6.30. The average molecular weight is 336 g/mol. The second-order valence-electron chi connectivity index (χ2n) is 5.37. The van der Waals surface area contributed by atoms with Crippen LogP contribution >= 0.6 is 11.6 Å². The Labute approximate surface area is 139 Å². The zero-order valence-electron chi connectivity index (χ0n) is 12.5. The third kappa shape index (κ3) is 4.54. The lowest BCUT2D eigenvalue weighted by atomic mass is 10.1. The highest BCUT2D eigenvalue weighted by atomic mass is 35.5. The maximum absolute atomic E-state index is 11.9. The van der Waals surface area contributed by atoms with Crippen molar-refractivity contribution >= 4 is 17.5 Å². The molecular weight excluding hydrogens is 318 g/mol. The van der Waals surface area contributed by atoms with E-state index in [4.69, 9.17) is 20.9 Å². The molecule has 1 amide bonds. The molecule has 1 unspecified atom stereocenters. The summed E-state index contributed by atoms with van der Waals surface area (Å²) in [5, 5.41) is 10.7. The van der Waals surface area contributed by atoms with E-state index in [2.05, 4.69) is 15.8 Å². The number of carbonyl (C=O) groups is 1. The summed E-state index contributed by atoms with van der Waals surface area (Å²) in [4.78, 5) is 11.9. The Morgan fingerprint density at radius 1 is 1.43 bits per heavy atom. The van der Waals surface area contributed by atoms with Crippen molar-refractivity contribution in [2.75, 3.05) is 19.7 Å². The van der Waals surface area contributed by atoms with E-state index in [1.807, 2.05) is 18.2 Å². The third-order valence-electron chi connectivity index (χ3n) is 3.56. The molecule has 2 N–H and O–H groups in total. The van der Waals surface area contributed by atoms with Crippen LogP contribution in [-0.2, 0) is 16.1 Å². The number of nitrogens with one attached hydrogen (secondary N) is 2. The number of halogens is 1. The summed E-state index contributed by atoms with van der Waals surface area (Å²) >= 11 is 5.96. The van der Waals surface area contributed by atoms with E-state index < -0.39 is 0 Å². The molecule has 0 saturated carbocycles. The van der Waals surface area contributed by atoms with Gasteiger partial charge in [-0.1, -0.05) is 28.9 Å². The molecule has 0 radical (unpaired) electrons. The van der Waals surface area contributed by atoms with Crippen LogP contribution in [0.3, 0.4) is 0 Å². The summed E-state index contributed by atoms with van der Waals surface area (Å²) in [6.45, 7) is 2.48. The lowest BCUT2D eigenvalue weighted by Gasteiger charge is -2.22. The molecule has 1 saturated heterocycles. The smallest absolute Gasteiger partial charge is 0.223 e. The van der Waals surface area contributed by atoms with Gasteiger partial charge in [-0.3, -0.25) is 4.79 Å². The Morgan fingerprint density at radius 2 is 2.35 bits per heavy atom. The van der Waals surface area contributed by atoms with Crippen LogP contribution in [0.15, 0.2) is 34.9 Å². The van der Waals surface area contributed by atoms with Crippen molar-refractivity contribution in [3.63, 3.8) is 0 Å². The zero-order chi connectivity index (χ0) is 16.1. The number of benzene rings is 1. The van der Waals surface area contributed by atoms with Crippen molar-refractivity contribution < 1.29 is 14.1 Å². The molecule has 6 nitrogen and oxygen atoms in total. The lowest BCUT2D eigenvalue weighted by molar-refractivity contribution is -0.124. The van der Waals surface area contributed by atoms with E-state index >= 15 is 0 Å². The molecule has 3 rings (SSSR count). The summed E-state index contributed by atoms with van der Waals surface area (Å²) in [5.74, 6) is 0.524. The monoisotopic (exact) mass is 335 g/mol. The van der Waals surface area contributed by atoms with Crippen molar-refractivity contribution in [3.05, 3.63) is 41.1 Å². The molecule has 0 spiro atoms. The Kier molecular flexibility index (Phi) is 5.27. The van der Waals surface area contributed by atoms with Crippen LogP contribution in [0.1, 0.15) is 12.2 Å². The maximum atomic E-state index is 11.9. The second kappa shape index (κ2) is 7.59. The molecule has 1 aliphatic heterocycles. The minimum absolute atomic E-state index is 0.0690. The van der Waals surface area contributed by atoms with Gasteiger partial charge in [0.15, 0.2) is 5.76 Å². The van der Waals surface area contributed by atoms with Crippen molar-refractivity contribution in [2.45, 2.75) is 19.1 Å². The van der Waals surface area contributed by atoms with Gasteiger partial charge in [0.25, 0.3) is 0 Å². The number of hydrogen-bond acceptors (Lipinski definition) is 5. The number of carbonyl (C=O) groups excluding carboxylic acids is 1. The molecular formula is C16H18ClN3O3. The lowest BCUT2D eigenvalue weighted by Crippen LogP contribution is -2.41. The predicted molar refractivity (Wildman–Crippen MR) is 86.0 cm³/mol. The first-order valence-electron chi connectivity index (χ1n) is 7.51. The average Bonchev–Trinajstić information content (AvgIpc) is 3.03.